The van der Waals surface area contributed by atoms with E-state index in [4.69, 9.17) is 4.74 Å². The molecule has 5 nitrogen and oxygen atoms in total. The van der Waals surface area contributed by atoms with Crippen LogP contribution in [-0.4, -0.2) is 46.9 Å². The Labute approximate surface area is 147 Å². The first-order valence-corrected chi connectivity index (χ1v) is 8.59. The van der Waals surface area contributed by atoms with E-state index in [2.05, 4.69) is 5.10 Å². The Bertz CT molecular complexity index is 731. The zero-order chi connectivity index (χ0) is 17.8. The predicted octanol–water partition coefficient (Wildman–Crippen LogP) is 2.44. The van der Waals surface area contributed by atoms with Gasteiger partial charge in [-0.1, -0.05) is 12.1 Å². The largest absolute Gasteiger partial charge is 0.381 e. The highest BCUT2D eigenvalue weighted by molar-refractivity contribution is 5.76. The third-order valence-corrected chi connectivity index (χ3v) is 4.77. The molecule has 1 aromatic heterocycles. The molecule has 1 aliphatic rings. The smallest absolute Gasteiger partial charge is 0.244 e. The van der Waals surface area contributed by atoms with Crippen LogP contribution in [0.4, 0.5) is 4.39 Å². The lowest BCUT2D eigenvalue weighted by Crippen LogP contribution is -2.48. The minimum atomic E-state index is -0.232. The SMILES string of the molecule is CO[C@H]1CCN(C(=O)Cn2cc(C)cn2)C[C@H]1Cc1cccc(F)c1. The van der Waals surface area contributed by atoms with Crippen LogP contribution in [0.5, 0.6) is 0 Å². The second kappa shape index (κ2) is 7.78. The van der Waals surface area contributed by atoms with Crippen LogP contribution in [-0.2, 0) is 22.5 Å². The first kappa shape index (κ1) is 17.6. The molecule has 1 amide bonds. The first-order chi connectivity index (χ1) is 12.0. The number of hydrogen-bond acceptors (Lipinski definition) is 3. The van der Waals surface area contributed by atoms with Crippen LogP contribution in [0.25, 0.3) is 0 Å². The van der Waals surface area contributed by atoms with E-state index < -0.39 is 0 Å². The van der Waals surface area contributed by atoms with Gasteiger partial charge in [-0.2, -0.15) is 5.10 Å². The summed E-state index contributed by atoms with van der Waals surface area (Å²) in [5, 5.41) is 4.18. The van der Waals surface area contributed by atoms with Crippen LogP contribution in [0.2, 0.25) is 0 Å². The van der Waals surface area contributed by atoms with Gasteiger partial charge in [0.2, 0.25) is 5.91 Å². The number of rotatable bonds is 5. The van der Waals surface area contributed by atoms with Crippen molar-refractivity contribution in [1.29, 1.82) is 0 Å². The van der Waals surface area contributed by atoms with E-state index >= 15 is 0 Å². The van der Waals surface area contributed by atoms with Crippen LogP contribution >= 0.6 is 0 Å². The fourth-order valence-electron chi connectivity index (χ4n) is 3.50. The van der Waals surface area contributed by atoms with E-state index in [1.165, 1.54) is 6.07 Å². The van der Waals surface area contributed by atoms with Gasteiger partial charge in [0.05, 0.1) is 12.3 Å². The van der Waals surface area contributed by atoms with Crippen molar-refractivity contribution in [3.05, 3.63) is 53.6 Å². The highest BCUT2D eigenvalue weighted by Gasteiger charge is 2.31. The van der Waals surface area contributed by atoms with Gasteiger partial charge in [-0.05, 0) is 43.0 Å². The Morgan fingerprint density at radius 2 is 2.28 bits per heavy atom. The highest BCUT2D eigenvalue weighted by atomic mass is 19.1. The average molecular weight is 345 g/mol. The molecular formula is C19H24FN3O2. The van der Waals surface area contributed by atoms with Crippen LogP contribution in [0.15, 0.2) is 36.7 Å². The van der Waals surface area contributed by atoms with Crippen molar-refractivity contribution in [3.8, 4) is 0 Å². The molecule has 1 saturated heterocycles. The van der Waals surface area contributed by atoms with Crippen molar-refractivity contribution >= 4 is 5.91 Å². The fraction of sp³-hybridized carbons (Fsp3) is 0.474. The molecule has 1 fully saturated rings. The molecule has 2 atom stereocenters. The summed E-state index contributed by atoms with van der Waals surface area (Å²) in [6, 6.07) is 6.64. The Morgan fingerprint density at radius 1 is 1.44 bits per heavy atom. The molecule has 0 bridgehead atoms. The number of aryl methyl sites for hydroxylation is 1. The van der Waals surface area contributed by atoms with Crippen molar-refractivity contribution in [2.24, 2.45) is 5.92 Å². The number of halogens is 1. The normalized spacial score (nSPS) is 20.7. The molecule has 3 rings (SSSR count). The molecular weight excluding hydrogens is 321 g/mol. The zero-order valence-electron chi connectivity index (χ0n) is 14.7. The zero-order valence-corrected chi connectivity index (χ0v) is 14.7. The van der Waals surface area contributed by atoms with Crippen LogP contribution in [0.3, 0.4) is 0 Å². The highest BCUT2D eigenvalue weighted by Crippen LogP contribution is 2.24. The second-order valence-corrected chi connectivity index (χ2v) is 6.71. The summed E-state index contributed by atoms with van der Waals surface area (Å²) >= 11 is 0. The van der Waals surface area contributed by atoms with Crippen molar-refractivity contribution in [2.75, 3.05) is 20.2 Å². The van der Waals surface area contributed by atoms with E-state index in [1.54, 1.807) is 30.1 Å². The maximum Gasteiger partial charge on any atom is 0.244 e. The summed E-state index contributed by atoms with van der Waals surface area (Å²) in [6.45, 7) is 3.50. The van der Waals surface area contributed by atoms with E-state index in [0.717, 1.165) is 17.5 Å². The van der Waals surface area contributed by atoms with Gasteiger partial charge in [0.25, 0.3) is 0 Å². The van der Waals surface area contributed by atoms with Crippen molar-refractivity contribution < 1.29 is 13.9 Å². The number of methoxy groups -OCH3 is 1. The number of benzene rings is 1. The van der Waals surface area contributed by atoms with Crippen LogP contribution < -0.4 is 0 Å². The first-order valence-electron chi connectivity index (χ1n) is 8.59. The standard InChI is InChI=1S/C19H24FN3O2/c1-14-10-21-23(11-14)13-19(24)22-7-6-18(25-2)16(12-22)8-15-4-3-5-17(20)9-15/h3-5,9-11,16,18H,6-8,12-13H2,1-2H3/t16-,18+/m1/s1. The third kappa shape index (κ3) is 4.45. The summed E-state index contributed by atoms with van der Waals surface area (Å²) in [4.78, 5) is 14.5. The summed E-state index contributed by atoms with van der Waals surface area (Å²) < 4.78 is 20.7. The minimum Gasteiger partial charge on any atom is -0.381 e. The van der Waals surface area contributed by atoms with Gasteiger partial charge in [-0.25, -0.2) is 4.39 Å². The van der Waals surface area contributed by atoms with Gasteiger partial charge in [0.1, 0.15) is 12.4 Å². The van der Waals surface area contributed by atoms with Crippen molar-refractivity contribution in [2.45, 2.75) is 32.4 Å². The quantitative estimate of drug-likeness (QED) is 0.836. The molecule has 2 heterocycles. The Balaban J connectivity index is 1.66. The summed E-state index contributed by atoms with van der Waals surface area (Å²) in [5.41, 5.74) is 1.97. The maximum atomic E-state index is 13.4. The Kier molecular flexibility index (Phi) is 5.48. The third-order valence-electron chi connectivity index (χ3n) is 4.77. The fourth-order valence-corrected chi connectivity index (χ4v) is 3.50. The summed E-state index contributed by atoms with van der Waals surface area (Å²) in [5.74, 6) is -0.0185. The number of piperidine rings is 1. The number of likely N-dealkylation sites (tertiary alicyclic amines) is 1. The second-order valence-electron chi connectivity index (χ2n) is 6.71. The predicted molar refractivity (Wildman–Crippen MR) is 92.6 cm³/mol. The van der Waals surface area contributed by atoms with Gasteiger partial charge in [-0.3, -0.25) is 9.48 Å². The van der Waals surface area contributed by atoms with E-state index in [-0.39, 0.29) is 30.3 Å². The monoisotopic (exact) mass is 345 g/mol. The number of aromatic nitrogens is 2. The lowest BCUT2D eigenvalue weighted by atomic mass is 9.88. The van der Waals surface area contributed by atoms with Gasteiger partial charge in [0, 0.05) is 32.3 Å². The summed E-state index contributed by atoms with van der Waals surface area (Å²) in [6.07, 6.45) is 5.18. The van der Waals surface area contributed by atoms with Gasteiger partial charge in [0.15, 0.2) is 0 Å². The molecule has 25 heavy (non-hydrogen) atoms. The number of carbonyl (C=O) groups excluding carboxylic acids is 1. The number of hydrogen-bond donors (Lipinski definition) is 0. The molecule has 2 aromatic rings. The molecule has 134 valence electrons. The Hall–Kier alpha value is -2.21. The molecule has 1 aromatic carbocycles. The molecule has 0 unspecified atom stereocenters. The molecule has 0 N–H and O–H groups in total. The lowest BCUT2D eigenvalue weighted by Gasteiger charge is -2.38. The number of carbonyl (C=O) groups is 1. The van der Waals surface area contributed by atoms with E-state index in [0.29, 0.717) is 19.5 Å². The van der Waals surface area contributed by atoms with Crippen LogP contribution in [0.1, 0.15) is 17.5 Å². The lowest BCUT2D eigenvalue weighted by molar-refractivity contribution is -0.136. The molecule has 0 aliphatic carbocycles. The van der Waals surface area contributed by atoms with Crippen molar-refractivity contribution in [1.82, 2.24) is 14.7 Å². The Morgan fingerprint density at radius 3 is 2.96 bits per heavy atom. The summed E-state index contributed by atoms with van der Waals surface area (Å²) in [7, 11) is 1.70. The van der Waals surface area contributed by atoms with Crippen molar-refractivity contribution in [3.63, 3.8) is 0 Å². The van der Waals surface area contributed by atoms with Gasteiger partial charge >= 0.3 is 0 Å². The van der Waals surface area contributed by atoms with E-state index in [1.807, 2.05) is 24.1 Å². The maximum absolute atomic E-state index is 13.4. The van der Waals surface area contributed by atoms with E-state index in [9.17, 15) is 9.18 Å². The topological polar surface area (TPSA) is 47.4 Å². The number of ether oxygens (including phenoxy) is 1. The van der Waals surface area contributed by atoms with Gasteiger partial charge in [-0.15, -0.1) is 0 Å². The molecule has 0 radical (unpaired) electrons. The molecule has 0 saturated carbocycles. The van der Waals surface area contributed by atoms with Crippen LogP contribution in [0, 0.1) is 18.7 Å². The molecule has 6 heteroatoms. The molecule has 1 aliphatic heterocycles. The van der Waals surface area contributed by atoms with Gasteiger partial charge < -0.3 is 9.64 Å². The molecule has 0 spiro atoms. The average Bonchev–Trinajstić information content (AvgIpc) is 2.99. The number of amides is 1. The number of nitrogens with zero attached hydrogens (tertiary/aromatic N) is 3. The minimum absolute atomic E-state index is 0.0573.